The van der Waals surface area contributed by atoms with Gasteiger partial charge in [0.15, 0.2) is 0 Å². The van der Waals surface area contributed by atoms with Crippen molar-refractivity contribution in [2.75, 3.05) is 18.8 Å². The highest BCUT2D eigenvalue weighted by molar-refractivity contribution is 7.89. The predicted octanol–water partition coefficient (Wildman–Crippen LogP) is 5.18. The average molecular weight is 431 g/mol. The Hall–Kier alpha value is -1.82. The number of para-hydroxylation sites is 1. The third-order valence-corrected chi connectivity index (χ3v) is 8.25. The van der Waals surface area contributed by atoms with Crippen LogP contribution in [0.4, 0.5) is 0 Å². The lowest BCUT2D eigenvalue weighted by molar-refractivity contribution is 0.320. The zero-order valence-corrected chi connectivity index (χ0v) is 18.5. The molecule has 0 atom stereocenters. The number of hydrogen-bond donors (Lipinski definition) is 0. The van der Waals surface area contributed by atoms with Gasteiger partial charge in [-0.2, -0.15) is 0 Å². The molecule has 0 spiro atoms. The lowest BCUT2D eigenvalue weighted by Gasteiger charge is -2.31. The highest BCUT2D eigenvalue weighted by Gasteiger charge is 2.30. The van der Waals surface area contributed by atoms with Crippen LogP contribution in [0.5, 0.6) is 0 Å². The summed E-state index contributed by atoms with van der Waals surface area (Å²) >= 11 is 6.20. The van der Waals surface area contributed by atoms with Gasteiger partial charge in [-0.15, -0.1) is 0 Å². The molecule has 154 valence electrons. The molecule has 0 radical (unpaired) electrons. The van der Waals surface area contributed by atoms with E-state index < -0.39 is 10.0 Å². The Kier molecular flexibility index (Phi) is 5.74. The number of halogens is 1. The molecule has 0 unspecified atom stereocenters. The van der Waals surface area contributed by atoms with Crippen LogP contribution in [0.15, 0.2) is 48.5 Å². The smallest absolute Gasteiger partial charge is 0.213 e. The Labute approximate surface area is 178 Å². The Morgan fingerprint density at radius 1 is 1.07 bits per heavy atom. The van der Waals surface area contributed by atoms with Crippen LogP contribution < -0.4 is 0 Å². The van der Waals surface area contributed by atoms with Gasteiger partial charge in [-0.3, -0.25) is 0 Å². The second kappa shape index (κ2) is 8.13. The molecule has 4 nitrogen and oxygen atoms in total. The minimum atomic E-state index is -3.10. The fraction of sp³-hybridized carbons (Fsp3) is 0.391. The summed E-state index contributed by atoms with van der Waals surface area (Å²) in [5, 5.41) is 2.03. The van der Waals surface area contributed by atoms with Crippen LogP contribution in [0.1, 0.15) is 42.5 Å². The maximum Gasteiger partial charge on any atom is 0.213 e. The van der Waals surface area contributed by atoms with Crippen LogP contribution in [0.3, 0.4) is 0 Å². The fourth-order valence-electron chi connectivity index (χ4n) is 4.60. The molecule has 6 heteroatoms. The van der Waals surface area contributed by atoms with Crippen LogP contribution in [-0.4, -0.2) is 36.1 Å². The van der Waals surface area contributed by atoms with E-state index in [1.54, 1.807) is 11.2 Å². The van der Waals surface area contributed by atoms with Crippen molar-refractivity contribution in [1.82, 2.24) is 8.87 Å². The first-order valence-corrected chi connectivity index (χ1v) is 12.2. The van der Waals surface area contributed by atoms with Crippen LogP contribution in [0, 0.1) is 6.92 Å². The quantitative estimate of drug-likeness (QED) is 0.559. The summed E-state index contributed by atoms with van der Waals surface area (Å²) in [6, 6.07) is 16.5. The first kappa shape index (κ1) is 20.5. The normalized spacial score (nSPS) is 16.5. The molecule has 0 aliphatic carbocycles. The molecule has 0 N–H and O–H groups in total. The van der Waals surface area contributed by atoms with Gasteiger partial charge >= 0.3 is 0 Å². The predicted molar refractivity (Wildman–Crippen MR) is 120 cm³/mol. The summed E-state index contributed by atoms with van der Waals surface area (Å²) in [7, 11) is -3.10. The van der Waals surface area contributed by atoms with Gasteiger partial charge in [0, 0.05) is 41.3 Å². The summed E-state index contributed by atoms with van der Waals surface area (Å²) in [4.78, 5) is 0. The number of aromatic nitrogens is 1. The molecule has 0 amide bonds. The van der Waals surface area contributed by atoms with Gasteiger partial charge in [0.05, 0.1) is 5.75 Å². The largest absolute Gasteiger partial charge is 0.340 e. The summed E-state index contributed by atoms with van der Waals surface area (Å²) < 4.78 is 28.5. The average Bonchev–Trinajstić information content (AvgIpc) is 3.00. The van der Waals surface area contributed by atoms with Gasteiger partial charge in [-0.1, -0.05) is 41.9 Å². The van der Waals surface area contributed by atoms with Crippen molar-refractivity contribution < 1.29 is 8.42 Å². The zero-order chi connectivity index (χ0) is 20.6. The van der Waals surface area contributed by atoms with Crippen molar-refractivity contribution >= 4 is 32.5 Å². The highest BCUT2D eigenvalue weighted by Crippen LogP contribution is 2.38. The maximum absolute atomic E-state index is 12.2. The Bertz CT molecular complexity index is 1130. The summed E-state index contributed by atoms with van der Waals surface area (Å²) in [5.41, 5.74) is 5.04. The zero-order valence-electron chi connectivity index (χ0n) is 16.9. The van der Waals surface area contributed by atoms with Crippen LogP contribution in [-0.2, 0) is 16.6 Å². The van der Waals surface area contributed by atoms with E-state index in [1.165, 1.54) is 27.7 Å². The second-order valence-electron chi connectivity index (χ2n) is 7.81. The number of fused-ring (bicyclic) bond motifs is 1. The standard InChI is InChI=1S/C23H27ClN2O2S/c1-3-29(27,28)25-13-11-19(12-14-25)23-17(2)26(22-10-5-4-9-21(22)23)16-18-7-6-8-20(24)15-18/h4-10,15,19H,3,11-14,16H2,1-2H3. The molecule has 1 aliphatic rings. The van der Waals surface area contributed by atoms with Crippen molar-refractivity contribution in [2.24, 2.45) is 0 Å². The minimum Gasteiger partial charge on any atom is -0.340 e. The van der Waals surface area contributed by atoms with E-state index >= 15 is 0 Å². The molecule has 1 fully saturated rings. The molecule has 2 aromatic carbocycles. The minimum absolute atomic E-state index is 0.176. The van der Waals surface area contributed by atoms with Gasteiger partial charge in [-0.25, -0.2) is 12.7 Å². The van der Waals surface area contributed by atoms with E-state index in [1.807, 2.05) is 18.2 Å². The first-order chi connectivity index (χ1) is 13.9. The van der Waals surface area contributed by atoms with E-state index in [0.717, 1.165) is 24.4 Å². The molecular formula is C23H27ClN2O2S. The number of piperidine rings is 1. The van der Waals surface area contributed by atoms with E-state index in [-0.39, 0.29) is 5.75 Å². The van der Waals surface area contributed by atoms with Gasteiger partial charge in [0.1, 0.15) is 0 Å². The molecule has 2 heterocycles. The molecule has 4 rings (SSSR count). The first-order valence-electron chi connectivity index (χ1n) is 10.2. The van der Waals surface area contributed by atoms with Crippen molar-refractivity contribution in [3.05, 3.63) is 70.4 Å². The van der Waals surface area contributed by atoms with Gasteiger partial charge in [0.2, 0.25) is 10.0 Å². The molecule has 1 aromatic heterocycles. The molecule has 0 saturated carbocycles. The third-order valence-electron chi connectivity index (χ3n) is 6.13. The topological polar surface area (TPSA) is 42.3 Å². The lowest BCUT2D eigenvalue weighted by atomic mass is 9.88. The SMILES string of the molecule is CCS(=O)(=O)N1CCC(c2c(C)n(Cc3cccc(Cl)c3)c3ccccc23)CC1. The number of rotatable bonds is 5. The lowest BCUT2D eigenvalue weighted by Crippen LogP contribution is -2.38. The maximum atomic E-state index is 12.2. The van der Waals surface area contributed by atoms with Crippen LogP contribution in [0.25, 0.3) is 10.9 Å². The van der Waals surface area contributed by atoms with E-state index in [9.17, 15) is 8.42 Å². The summed E-state index contributed by atoms with van der Waals surface area (Å²) in [6.45, 7) is 5.89. The highest BCUT2D eigenvalue weighted by atomic mass is 35.5. The van der Waals surface area contributed by atoms with Gasteiger partial charge in [-0.05, 0) is 61.9 Å². The molecule has 1 saturated heterocycles. The van der Waals surface area contributed by atoms with Crippen molar-refractivity contribution in [1.29, 1.82) is 0 Å². The fourth-order valence-corrected chi connectivity index (χ4v) is 5.95. The van der Waals surface area contributed by atoms with Crippen LogP contribution >= 0.6 is 11.6 Å². The molecule has 1 aliphatic heterocycles. The van der Waals surface area contributed by atoms with Crippen molar-refractivity contribution in [2.45, 2.75) is 39.2 Å². The Morgan fingerprint density at radius 3 is 2.48 bits per heavy atom. The van der Waals surface area contributed by atoms with E-state index in [2.05, 4.69) is 41.8 Å². The number of nitrogens with zero attached hydrogens (tertiary/aromatic N) is 2. The van der Waals surface area contributed by atoms with Crippen LogP contribution in [0.2, 0.25) is 5.02 Å². The van der Waals surface area contributed by atoms with Gasteiger partial charge in [0.25, 0.3) is 0 Å². The molecule has 0 bridgehead atoms. The third kappa shape index (κ3) is 3.96. The molecule has 29 heavy (non-hydrogen) atoms. The Morgan fingerprint density at radius 2 is 1.79 bits per heavy atom. The molecule has 3 aromatic rings. The second-order valence-corrected chi connectivity index (χ2v) is 10.5. The monoisotopic (exact) mass is 430 g/mol. The molecular weight excluding hydrogens is 404 g/mol. The number of sulfonamides is 1. The van der Waals surface area contributed by atoms with E-state index in [4.69, 9.17) is 11.6 Å². The summed E-state index contributed by atoms with van der Waals surface area (Å²) in [5.74, 6) is 0.555. The number of benzene rings is 2. The Balaban J connectivity index is 1.68. The van der Waals surface area contributed by atoms with Crippen molar-refractivity contribution in [3.63, 3.8) is 0 Å². The van der Waals surface area contributed by atoms with Crippen molar-refractivity contribution in [3.8, 4) is 0 Å². The van der Waals surface area contributed by atoms with E-state index in [0.29, 0.717) is 19.0 Å². The number of hydrogen-bond acceptors (Lipinski definition) is 2. The summed E-state index contributed by atoms with van der Waals surface area (Å²) in [6.07, 6.45) is 1.73. The van der Waals surface area contributed by atoms with Gasteiger partial charge < -0.3 is 4.57 Å².